The van der Waals surface area contributed by atoms with Gasteiger partial charge in [0.25, 0.3) is 0 Å². The van der Waals surface area contributed by atoms with E-state index >= 15 is 0 Å². The van der Waals surface area contributed by atoms with E-state index in [4.69, 9.17) is 23.9 Å². The fourth-order valence-corrected chi connectivity index (χ4v) is 1.33. The van der Waals surface area contributed by atoms with Gasteiger partial charge in [-0.3, -0.25) is 0 Å². The largest absolute Gasteiger partial charge is 0.313 e. The second-order valence-corrected chi connectivity index (χ2v) is 5.19. The first kappa shape index (κ1) is 16.8. The normalized spacial score (nSPS) is 13.0. The lowest BCUT2D eigenvalue weighted by atomic mass is 10.1. The third kappa shape index (κ3) is 7.97. The van der Waals surface area contributed by atoms with Crippen LogP contribution < -0.4 is 18.6 Å². The van der Waals surface area contributed by atoms with Crippen molar-refractivity contribution in [2.75, 3.05) is 21.1 Å². The van der Waals surface area contributed by atoms with E-state index in [1.165, 1.54) is 0 Å². The minimum absolute atomic E-state index is 0.0822. The standard InChI is InChI=1S/C11H15N2.ClHO4/c1-13(2,3)11(9-12)10-7-5-4-6-8-10;2-1(3,4)5/h4-8,11H,1-3H3;(H,2,3,4,5)/q+1;/p-1. The number of quaternary nitrogens is 1. The first-order chi connectivity index (χ1) is 8.05. The third-order valence-corrected chi connectivity index (χ3v) is 2.01. The molecule has 0 radical (unpaired) electrons. The summed E-state index contributed by atoms with van der Waals surface area (Å²) in [5.41, 5.74) is 1.08. The monoisotopic (exact) mass is 274 g/mol. The minimum atomic E-state index is -4.94. The molecule has 7 heteroatoms. The van der Waals surface area contributed by atoms with Gasteiger partial charge in [0, 0.05) is 5.56 Å². The zero-order valence-corrected chi connectivity index (χ0v) is 11.1. The molecule has 0 amide bonds. The molecule has 18 heavy (non-hydrogen) atoms. The Hall–Kier alpha value is -1.20. The van der Waals surface area contributed by atoms with Gasteiger partial charge in [-0.25, -0.2) is 18.6 Å². The summed E-state index contributed by atoms with van der Waals surface area (Å²) in [6.45, 7) is 0. The van der Waals surface area contributed by atoms with Crippen molar-refractivity contribution in [2.45, 2.75) is 6.04 Å². The molecule has 0 fully saturated rings. The van der Waals surface area contributed by atoms with Crippen LogP contribution in [0.5, 0.6) is 0 Å². The molecule has 6 nitrogen and oxygen atoms in total. The summed E-state index contributed by atoms with van der Waals surface area (Å²) in [6, 6.07) is 12.1. The maximum Gasteiger partial charge on any atom is 0.201 e. The Morgan fingerprint density at radius 3 is 1.72 bits per heavy atom. The van der Waals surface area contributed by atoms with Gasteiger partial charge < -0.3 is 4.48 Å². The SMILES string of the molecule is C[N+](C)(C)C(C#N)c1ccccc1.[O-][Cl+3]([O-])([O-])[O-]. The van der Waals surface area contributed by atoms with Gasteiger partial charge in [0.2, 0.25) is 6.04 Å². The molecule has 1 aromatic rings. The van der Waals surface area contributed by atoms with Crippen molar-refractivity contribution in [3.8, 4) is 6.07 Å². The van der Waals surface area contributed by atoms with Crippen LogP contribution in [-0.2, 0) is 0 Å². The van der Waals surface area contributed by atoms with Crippen molar-refractivity contribution in [3.05, 3.63) is 35.9 Å². The van der Waals surface area contributed by atoms with Crippen molar-refractivity contribution < 1.29 is 33.4 Å². The predicted molar refractivity (Wildman–Crippen MR) is 52.8 cm³/mol. The molecule has 0 aliphatic heterocycles. The smallest absolute Gasteiger partial charge is 0.201 e. The first-order valence-electron chi connectivity index (χ1n) is 4.93. The molecule has 100 valence electrons. The molecule has 0 spiro atoms. The fraction of sp³-hybridized carbons (Fsp3) is 0.364. The van der Waals surface area contributed by atoms with Crippen LogP contribution in [0.4, 0.5) is 0 Å². The molecule has 0 aromatic heterocycles. The first-order valence-corrected chi connectivity index (χ1v) is 6.16. The summed E-state index contributed by atoms with van der Waals surface area (Å²) in [4.78, 5) is 0. The van der Waals surface area contributed by atoms with Gasteiger partial charge >= 0.3 is 0 Å². The summed E-state index contributed by atoms with van der Waals surface area (Å²) in [5.74, 6) is 0. The molecule has 1 atom stereocenters. The van der Waals surface area contributed by atoms with Gasteiger partial charge in [-0.1, -0.05) is 30.3 Å². The maximum atomic E-state index is 9.05. The van der Waals surface area contributed by atoms with Gasteiger partial charge in [0.15, 0.2) is 0 Å². The van der Waals surface area contributed by atoms with Crippen LogP contribution in [0.15, 0.2) is 30.3 Å². The zero-order chi connectivity index (χ0) is 14.4. The Morgan fingerprint density at radius 2 is 1.44 bits per heavy atom. The second kappa shape index (κ2) is 6.66. The van der Waals surface area contributed by atoms with Crippen LogP contribution in [0.25, 0.3) is 0 Å². The Bertz CT molecular complexity index is 386. The van der Waals surface area contributed by atoms with Gasteiger partial charge in [0.1, 0.15) is 6.07 Å². The van der Waals surface area contributed by atoms with E-state index in [0.29, 0.717) is 4.48 Å². The fourth-order valence-electron chi connectivity index (χ4n) is 1.33. The van der Waals surface area contributed by atoms with Crippen molar-refractivity contribution >= 4 is 0 Å². The van der Waals surface area contributed by atoms with Gasteiger partial charge in [-0.2, -0.15) is 5.26 Å². The Morgan fingerprint density at radius 1 is 1.06 bits per heavy atom. The van der Waals surface area contributed by atoms with Crippen LogP contribution in [0.3, 0.4) is 0 Å². The number of nitrogens with zero attached hydrogens (tertiary/aromatic N) is 2. The molecule has 0 N–H and O–H groups in total. The molecule has 0 heterocycles. The maximum absolute atomic E-state index is 9.05. The summed E-state index contributed by atoms with van der Waals surface area (Å²) in [7, 11) is 1.14. The van der Waals surface area contributed by atoms with Crippen LogP contribution in [0.2, 0.25) is 0 Å². The van der Waals surface area contributed by atoms with Gasteiger partial charge in [0.05, 0.1) is 21.1 Å². The average molecular weight is 275 g/mol. The van der Waals surface area contributed by atoms with E-state index in [1.807, 2.05) is 51.5 Å². The highest BCUT2D eigenvalue weighted by Gasteiger charge is 2.24. The van der Waals surface area contributed by atoms with E-state index in [-0.39, 0.29) is 6.04 Å². The van der Waals surface area contributed by atoms with Crippen LogP contribution >= 0.6 is 0 Å². The molecule has 0 bridgehead atoms. The lowest BCUT2D eigenvalue weighted by Gasteiger charge is -2.29. The average Bonchev–Trinajstić information content (AvgIpc) is 2.15. The number of hydrogen-bond acceptors (Lipinski definition) is 5. The number of rotatable bonds is 2. The molecular formula is C11H15ClN2O4. The molecule has 0 saturated carbocycles. The highest BCUT2D eigenvalue weighted by atomic mass is 35.7. The zero-order valence-electron chi connectivity index (χ0n) is 10.4. The van der Waals surface area contributed by atoms with E-state index in [0.717, 1.165) is 5.56 Å². The Kier molecular flexibility index (Phi) is 6.21. The van der Waals surface area contributed by atoms with Gasteiger partial charge in [-0.05, 0) is 0 Å². The van der Waals surface area contributed by atoms with E-state index < -0.39 is 10.2 Å². The van der Waals surface area contributed by atoms with Crippen molar-refractivity contribution in [2.24, 2.45) is 0 Å². The summed E-state index contributed by atoms with van der Waals surface area (Å²) >= 11 is 0. The number of hydrogen-bond donors (Lipinski definition) is 0. The Labute approximate surface area is 108 Å². The molecule has 0 aliphatic rings. The lowest BCUT2D eigenvalue weighted by Crippen LogP contribution is -2.68. The van der Waals surface area contributed by atoms with Crippen LogP contribution in [0, 0.1) is 21.6 Å². The highest BCUT2D eigenvalue weighted by molar-refractivity contribution is 5.21. The van der Waals surface area contributed by atoms with Crippen LogP contribution in [-0.4, -0.2) is 25.6 Å². The minimum Gasteiger partial charge on any atom is -0.313 e. The van der Waals surface area contributed by atoms with E-state index in [1.54, 1.807) is 0 Å². The van der Waals surface area contributed by atoms with E-state index in [9.17, 15) is 0 Å². The van der Waals surface area contributed by atoms with Crippen molar-refractivity contribution in [3.63, 3.8) is 0 Å². The highest BCUT2D eigenvalue weighted by Crippen LogP contribution is 2.21. The number of benzene rings is 1. The Balaban J connectivity index is 0.000000494. The third-order valence-electron chi connectivity index (χ3n) is 2.01. The lowest BCUT2D eigenvalue weighted by molar-refractivity contribution is -2.00. The number of halogens is 1. The van der Waals surface area contributed by atoms with Crippen LogP contribution in [0.1, 0.15) is 11.6 Å². The quantitative estimate of drug-likeness (QED) is 0.540. The molecular weight excluding hydrogens is 260 g/mol. The molecule has 1 unspecified atom stereocenters. The van der Waals surface area contributed by atoms with Crippen molar-refractivity contribution in [1.82, 2.24) is 0 Å². The summed E-state index contributed by atoms with van der Waals surface area (Å²) < 4.78 is 34.6. The predicted octanol–water partition coefficient (Wildman–Crippen LogP) is -2.80. The molecule has 1 aromatic carbocycles. The topological polar surface area (TPSA) is 116 Å². The molecule has 1 rings (SSSR count). The van der Waals surface area contributed by atoms with Crippen molar-refractivity contribution in [1.29, 1.82) is 5.26 Å². The molecule has 0 saturated heterocycles. The second-order valence-electron chi connectivity index (χ2n) is 4.44. The van der Waals surface area contributed by atoms with E-state index in [2.05, 4.69) is 6.07 Å². The summed E-state index contributed by atoms with van der Waals surface area (Å²) in [5, 5.41) is 9.05. The number of nitriles is 1. The molecule has 0 aliphatic carbocycles. The summed E-state index contributed by atoms with van der Waals surface area (Å²) in [6.07, 6.45) is 0. The van der Waals surface area contributed by atoms with Gasteiger partial charge in [-0.15, -0.1) is 10.2 Å².